The fraction of sp³-hybridized carbons (Fsp3) is 0.214. The molecule has 0 bridgehead atoms. The number of nitrogens with zero attached hydrogens (tertiary/aromatic N) is 1. The minimum atomic E-state index is 0.0671. The number of aryl methyl sites for hydroxylation is 1. The third kappa shape index (κ3) is 2.92. The van der Waals surface area contributed by atoms with Gasteiger partial charge in [-0.3, -0.25) is 4.79 Å². The van der Waals surface area contributed by atoms with E-state index in [0.29, 0.717) is 11.6 Å². The molecule has 2 nitrogen and oxygen atoms in total. The molecule has 18 heavy (non-hydrogen) atoms. The van der Waals surface area contributed by atoms with Gasteiger partial charge in [0.15, 0.2) is 0 Å². The fourth-order valence-electron chi connectivity index (χ4n) is 1.70. The van der Waals surface area contributed by atoms with Crippen LogP contribution in [-0.4, -0.2) is 17.9 Å². The van der Waals surface area contributed by atoms with Crippen LogP contribution in [0.15, 0.2) is 35.7 Å². The van der Waals surface area contributed by atoms with E-state index < -0.39 is 0 Å². The maximum atomic E-state index is 12.2. The summed E-state index contributed by atoms with van der Waals surface area (Å²) in [7, 11) is 1.82. The lowest BCUT2D eigenvalue weighted by molar-refractivity contribution is 0.0789. The van der Waals surface area contributed by atoms with Crippen molar-refractivity contribution in [3.8, 4) is 0 Å². The molecule has 1 amide bonds. The summed E-state index contributed by atoms with van der Waals surface area (Å²) in [6, 6.07) is 9.52. The number of hydrogen-bond donors (Lipinski definition) is 0. The average molecular weight is 280 g/mol. The molecular formula is C14H14ClNOS. The molecule has 0 fully saturated rings. The van der Waals surface area contributed by atoms with Crippen LogP contribution < -0.4 is 0 Å². The van der Waals surface area contributed by atoms with E-state index in [0.717, 1.165) is 16.0 Å². The molecule has 1 aromatic carbocycles. The SMILES string of the molecule is Cc1ccsc1C(=O)N(C)Cc1ccc(Cl)cc1. The Morgan fingerprint density at radius 3 is 2.50 bits per heavy atom. The summed E-state index contributed by atoms with van der Waals surface area (Å²) in [5, 5.41) is 2.65. The molecule has 0 radical (unpaired) electrons. The molecular weight excluding hydrogens is 266 g/mol. The van der Waals surface area contributed by atoms with Gasteiger partial charge in [-0.25, -0.2) is 0 Å². The number of carbonyl (C=O) groups excluding carboxylic acids is 1. The number of carbonyl (C=O) groups is 1. The predicted molar refractivity (Wildman–Crippen MR) is 76.3 cm³/mol. The molecule has 1 heterocycles. The van der Waals surface area contributed by atoms with E-state index in [2.05, 4.69) is 0 Å². The number of hydrogen-bond acceptors (Lipinski definition) is 2. The summed E-state index contributed by atoms with van der Waals surface area (Å²) in [5.41, 5.74) is 2.11. The first-order valence-electron chi connectivity index (χ1n) is 5.62. The van der Waals surface area contributed by atoms with Gasteiger partial charge in [-0.15, -0.1) is 11.3 Å². The summed E-state index contributed by atoms with van der Waals surface area (Å²) in [4.78, 5) is 14.7. The molecule has 0 unspecified atom stereocenters. The largest absolute Gasteiger partial charge is 0.337 e. The predicted octanol–water partition coefficient (Wildman–Crippen LogP) is 3.98. The molecule has 0 aliphatic rings. The standard InChI is InChI=1S/C14H14ClNOS/c1-10-7-8-18-13(10)14(17)16(2)9-11-3-5-12(15)6-4-11/h3-8H,9H2,1-2H3. The van der Waals surface area contributed by atoms with Crippen LogP contribution in [0, 0.1) is 6.92 Å². The monoisotopic (exact) mass is 279 g/mol. The molecule has 1 aromatic heterocycles. The van der Waals surface area contributed by atoms with E-state index in [1.807, 2.05) is 49.7 Å². The number of benzene rings is 1. The lowest BCUT2D eigenvalue weighted by atomic mass is 10.2. The second-order valence-corrected chi connectivity index (χ2v) is 5.57. The first-order valence-corrected chi connectivity index (χ1v) is 6.87. The molecule has 94 valence electrons. The summed E-state index contributed by atoms with van der Waals surface area (Å²) >= 11 is 7.32. The lowest BCUT2D eigenvalue weighted by Crippen LogP contribution is -2.25. The van der Waals surface area contributed by atoms with Crippen molar-refractivity contribution in [1.82, 2.24) is 4.90 Å². The van der Waals surface area contributed by atoms with Gasteiger partial charge >= 0.3 is 0 Å². The first-order chi connectivity index (χ1) is 8.58. The van der Waals surface area contributed by atoms with Crippen LogP contribution in [0.4, 0.5) is 0 Å². The minimum Gasteiger partial charge on any atom is -0.337 e. The summed E-state index contributed by atoms with van der Waals surface area (Å²) in [5.74, 6) is 0.0671. The van der Waals surface area contributed by atoms with Gasteiger partial charge in [0.1, 0.15) is 0 Å². The minimum absolute atomic E-state index is 0.0671. The van der Waals surface area contributed by atoms with Crippen molar-refractivity contribution in [2.75, 3.05) is 7.05 Å². The Labute approximate surface area is 116 Å². The van der Waals surface area contributed by atoms with Crippen LogP contribution in [0.1, 0.15) is 20.8 Å². The van der Waals surface area contributed by atoms with E-state index in [1.54, 1.807) is 4.90 Å². The van der Waals surface area contributed by atoms with Crippen molar-refractivity contribution in [3.63, 3.8) is 0 Å². The number of amides is 1. The van der Waals surface area contributed by atoms with Gasteiger partial charge in [-0.2, -0.15) is 0 Å². The molecule has 0 aliphatic heterocycles. The zero-order valence-electron chi connectivity index (χ0n) is 10.3. The third-order valence-electron chi connectivity index (χ3n) is 2.74. The average Bonchev–Trinajstić information content (AvgIpc) is 2.77. The molecule has 0 aliphatic carbocycles. The smallest absolute Gasteiger partial charge is 0.264 e. The maximum absolute atomic E-state index is 12.2. The van der Waals surface area contributed by atoms with Crippen molar-refractivity contribution in [3.05, 3.63) is 56.7 Å². The Hall–Kier alpha value is -1.32. The molecule has 0 saturated carbocycles. The molecule has 2 rings (SSSR count). The highest BCUT2D eigenvalue weighted by Crippen LogP contribution is 2.18. The second-order valence-electron chi connectivity index (χ2n) is 4.22. The highest BCUT2D eigenvalue weighted by atomic mass is 35.5. The van der Waals surface area contributed by atoms with Crippen molar-refractivity contribution < 1.29 is 4.79 Å². The molecule has 0 spiro atoms. The molecule has 2 aromatic rings. The first kappa shape index (κ1) is 13.1. The van der Waals surface area contributed by atoms with Crippen LogP contribution in [-0.2, 0) is 6.54 Å². The van der Waals surface area contributed by atoms with Gasteiger partial charge in [-0.1, -0.05) is 23.7 Å². The van der Waals surface area contributed by atoms with Gasteiger partial charge in [0.25, 0.3) is 5.91 Å². The Morgan fingerprint density at radius 2 is 1.94 bits per heavy atom. The molecule has 0 saturated heterocycles. The highest BCUT2D eigenvalue weighted by Gasteiger charge is 2.15. The fourth-order valence-corrected chi connectivity index (χ4v) is 2.75. The topological polar surface area (TPSA) is 20.3 Å². The van der Waals surface area contributed by atoms with E-state index >= 15 is 0 Å². The second kappa shape index (κ2) is 5.55. The van der Waals surface area contributed by atoms with Crippen LogP contribution >= 0.6 is 22.9 Å². The van der Waals surface area contributed by atoms with E-state index in [-0.39, 0.29) is 5.91 Å². The van der Waals surface area contributed by atoms with Crippen LogP contribution in [0.5, 0.6) is 0 Å². The van der Waals surface area contributed by atoms with E-state index in [1.165, 1.54) is 11.3 Å². The van der Waals surface area contributed by atoms with Crippen LogP contribution in [0.2, 0.25) is 5.02 Å². The van der Waals surface area contributed by atoms with Gasteiger partial charge in [-0.05, 0) is 41.6 Å². The van der Waals surface area contributed by atoms with E-state index in [4.69, 9.17) is 11.6 Å². The van der Waals surface area contributed by atoms with Crippen LogP contribution in [0.25, 0.3) is 0 Å². The molecule has 4 heteroatoms. The van der Waals surface area contributed by atoms with Crippen molar-refractivity contribution in [2.24, 2.45) is 0 Å². The van der Waals surface area contributed by atoms with Gasteiger partial charge in [0.05, 0.1) is 4.88 Å². The quantitative estimate of drug-likeness (QED) is 0.832. The summed E-state index contributed by atoms with van der Waals surface area (Å²) < 4.78 is 0. The Balaban J connectivity index is 2.08. The summed E-state index contributed by atoms with van der Waals surface area (Å²) in [6.45, 7) is 2.55. The Bertz CT molecular complexity index is 547. The Kier molecular flexibility index (Phi) is 4.04. The molecule has 0 atom stereocenters. The zero-order valence-corrected chi connectivity index (χ0v) is 11.9. The van der Waals surface area contributed by atoms with Crippen molar-refractivity contribution in [1.29, 1.82) is 0 Å². The Morgan fingerprint density at radius 1 is 1.28 bits per heavy atom. The lowest BCUT2D eigenvalue weighted by Gasteiger charge is -2.17. The number of halogens is 1. The van der Waals surface area contributed by atoms with E-state index in [9.17, 15) is 4.79 Å². The number of thiophene rings is 1. The zero-order chi connectivity index (χ0) is 13.1. The highest BCUT2D eigenvalue weighted by molar-refractivity contribution is 7.12. The summed E-state index contributed by atoms with van der Waals surface area (Å²) in [6.07, 6.45) is 0. The van der Waals surface area contributed by atoms with Crippen molar-refractivity contribution in [2.45, 2.75) is 13.5 Å². The number of rotatable bonds is 3. The van der Waals surface area contributed by atoms with Gasteiger partial charge in [0.2, 0.25) is 0 Å². The normalized spacial score (nSPS) is 10.4. The van der Waals surface area contributed by atoms with Crippen molar-refractivity contribution >= 4 is 28.8 Å². The van der Waals surface area contributed by atoms with Gasteiger partial charge < -0.3 is 4.90 Å². The third-order valence-corrected chi connectivity index (χ3v) is 3.99. The van der Waals surface area contributed by atoms with Gasteiger partial charge in [0, 0.05) is 18.6 Å². The maximum Gasteiger partial charge on any atom is 0.264 e. The van der Waals surface area contributed by atoms with Crippen LogP contribution in [0.3, 0.4) is 0 Å². The molecule has 0 N–H and O–H groups in total.